The van der Waals surface area contributed by atoms with Crippen LogP contribution in [0.1, 0.15) is 18.4 Å². The van der Waals surface area contributed by atoms with E-state index >= 15 is 0 Å². The second kappa shape index (κ2) is 7.43. The van der Waals surface area contributed by atoms with Gasteiger partial charge in [-0.1, -0.05) is 72.8 Å². The van der Waals surface area contributed by atoms with Gasteiger partial charge >= 0.3 is 0 Å². The standard InChI is InChI=1S/C21H19ClO/c22-21-13-7-5-11-18(21)15-19(23)14-17-10-4-6-12-20(17)16-8-2-1-3-9-16/h1-12,21H,13-15H2. The summed E-state index contributed by atoms with van der Waals surface area (Å²) in [5, 5.41) is -0.0479. The monoisotopic (exact) mass is 322 g/mol. The molecule has 2 aromatic rings. The molecule has 3 rings (SSSR count). The Labute approximate surface area is 142 Å². The Morgan fingerprint density at radius 2 is 1.74 bits per heavy atom. The highest BCUT2D eigenvalue weighted by molar-refractivity contribution is 6.22. The molecular formula is C21H19ClO. The van der Waals surface area contributed by atoms with Gasteiger partial charge in [0, 0.05) is 12.8 Å². The van der Waals surface area contributed by atoms with Crippen LogP contribution in [0.5, 0.6) is 0 Å². The summed E-state index contributed by atoms with van der Waals surface area (Å²) in [5.74, 6) is 0.209. The largest absolute Gasteiger partial charge is 0.299 e. The third-order valence-electron chi connectivity index (χ3n) is 4.08. The zero-order valence-corrected chi connectivity index (χ0v) is 13.7. The zero-order valence-electron chi connectivity index (χ0n) is 12.9. The average molecular weight is 323 g/mol. The van der Waals surface area contributed by atoms with Crippen molar-refractivity contribution in [3.8, 4) is 11.1 Å². The van der Waals surface area contributed by atoms with Crippen LogP contribution in [0.2, 0.25) is 0 Å². The molecule has 0 aromatic heterocycles. The minimum absolute atomic E-state index is 0.0479. The third kappa shape index (κ3) is 4.00. The molecule has 2 aromatic carbocycles. The Morgan fingerprint density at radius 3 is 2.52 bits per heavy atom. The average Bonchev–Trinajstić information content (AvgIpc) is 2.58. The van der Waals surface area contributed by atoms with E-state index in [1.165, 1.54) is 0 Å². The van der Waals surface area contributed by atoms with Crippen molar-refractivity contribution < 1.29 is 4.79 Å². The molecule has 0 aliphatic heterocycles. The molecule has 0 saturated carbocycles. The van der Waals surface area contributed by atoms with Gasteiger partial charge in [0.2, 0.25) is 0 Å². The lowest BCUT2D eigenvalue weighted by atomic mass is 9.93. The smallest absolute Gasteiger partial charge is 0.141 e. The summed E-state index contributed by atoms with van der Waals surface area (Å²) in [6.07, 6.45) is 7.68. The molecule has 116 valence electrons. The lowest BCUT2D eigenvalue weighted by molar-refractivity contribution is -0.117. The van der Waals surface area contributed by atoms with Gasteiger partial charge in [-0.25, -0.2) is 0 Å². The Kier molecular flexibility index (Phi) is 5.09. The van der Waals surface area contributed by atoms with Gasteiger partial charge in [0.25, 0.3) is 0 Å². The Hall–Kier alpha value is -2.12. The minimum atomic E-state index is -0.0479. The molecule has 0 fully saturated rings. The number of carbonyl (C=O) groups is 1. The minimum Gasteiger partial charge on any atom is -0.299 e. The molecule has 0 saturated heterocycles. The number of benzene rings is 2. The quantitative estimate of drug-likeness (QED) is 0.678. The number of alkyl halides is 1. The van der Waals surface area contributed by atoms with E-state index in [9.17, 15) is 4.79 Å². The van der Waals surface area contributed by atoms with E-state index in [-0.39, 0.29) is 11.2 Å². The van der Waals surface area contributed by atoms with Gasteiger partial charge in [-0.15, -0.1) is 11.6 Å². The highest BCUT2D eigenvalue weighted by atomic mass is 35.5. The molecule has 0 spiro atoms. The summed E-state index contributed by atoms with van der Waals surface area (Å²) in [7, 11) is 0. The van der Waals surface area contributed by atoms with Crippen LogP contribution < -0.4 is 0 Å². The van der Waals surface area contributed by atoms with Crippen molar-refractivity contribution in [2.24, 2.45) is 0 Å². The summed E-state index contributed by atoms with van der Waals surface area (Å²) in [6, 6.07) is 18.3. The molecule has 23 heavy (non-hydrogen) atoms. The number of hydrogen-bond acceptors (Lipinski definition) is 1. The zero-order chi connectivity index (χ0) is 16.1. The molecule has 1 aliphatic rings. The fourth-order valence-corrected chi connectivity index (χ4v) is 3.14. The first-order chi connectivity index (χ1) is 11.2. The van der Waals surface area contributed by atoms with E-state index < -0.39 is 0 Å². The summed E-state index contributed by atoms with van der Waals surface area (Å²) < 4.78 is 0. The number of halogens is 1. The highest BCUT2D eigenvalue weighted by Gasteiger charge is 2.16. The van der Waals surface area contributed by atoms with Crippen LogP contribution in [0.25, 0.3) is 11.1 Å². The maximum Gasteiger partial charge on any atom is 0.141 e. The summed E-state index contributed by atoms with van der Waals surface area (Å²) in [4.78, 5) is 12.5. The molecular weight excluding hydrogens is 304 g/mol. The second-order valence-electron chi connectivity index (χ2n) is 5.79. The van der Waals surface area contributed by atoms with Gasteiger partial charge in [-0.2, -0.15) is 0 Å². The molecule has 2 heteroatoms. The lowest BCUT2D eigenvalue weighted by Crippen LogP contribution is -2.12. The topological polar surface area (TPSA) is 17.1 Å². The second-order valence-corrected chi connectivity index (χ2v) is 6.32. The molecule has 0 radical (unpaired) electrons. The first-order valence-corrected chi connectivity index (χ1v) is 8.32. The summed E-state index contributed by atoms with van der Waals surface area (Å²) in [5.41, 5.74) is 4.37. The van der Waals surface area contributed by atoms with Crippen LogP contribution in [-0.4, -0.2) is 11.2 Å². The van der Waals surface area contributed by atoms with E-state index in [4.69, 9.17) is 11.6 Å². The van der Waals surface area contributed by atoms with Gasteiger partial charge in [0.05, 0.1) is 5.38 Å². The first-order valence-electron chi connectivity index (χ1n) is 7.89. The van der Waals surface area contributed by atoms with Gasteiger partial charge in [-0.05, 0) is 28.7 Å². The van der Waals surface area contributed by atoms with Gasteiger partial charge in [-0.3, -0.25) is 4.79 Å². The maximum atomic E-state index is 12.5. The first kappa shape index (κ1) is 15.8. The summed E-state index contributed by atoms with van der Waals surface area (Å²) in [6.45, 7) is 0. The van der Waals surface area contributed by atoms with Crippen molar-refractivity contribution in [3.63, 3.8) is 0 Å². The van der Waals surface area contributed by atoms with Crippen LogP contribution >= 0.6 is 11.6 Å². The molecule has 0 heterocycles. The number of allylic oxidation sites excluding steroid dienone is 4. The van der Waals surface area contributed by atoms with Gasteiger partial charge in [0.1, 0.15) is 5.78 Å². The summed E-state index contributed by atoms with van der Waals surface area (Å²) >= 11 is 6.29. The fraction of sp³-hybridized carbons (Fsp3) is 0.190. The van der Waals surface area contributed by atoms with Crippen molar-refractivity contribution in [2.45, 2.75) is 24.6 Å². The molecule has 1 nitrogen and oxygen atoms in total. The van der Waals surface area contributed by atoms with Crippen molar-refractivity contribution >= 4 is 17.4 Å². The van der Waals surface area contributed by atoms with Crippen LogP contribution in [0.4, 0.5) is 0 Å². The van der Waals surface area contributed by atoms with E-state index in [0.717, 1.165) is 28.7 Å². The Morgan fingerprint density at radius 1 is 1.00 bits per heavy atom. The van der Waals surface area contributed by atoms with E-state index in [0.29, 0.717) is 12.8 Å². The Bertz CT molecular complexity index is 743. The third-order valence-corrected chi connectivity index (χ3v) is 4.54. The number of carbonyl (C=O) groups excluding carboxylic acids is 1. The number of ketones is 1. The highest BCUT2D eigenvalue weighted by Crippen LogP contribution is 2.26. The normalized spacial score (nSPS) is 16.9. The molecule has 1 atom stereocenters. The molecule has 1 unspecified atom stereocenters. The van der Waals surface area contributed by atoms with E-state index in [1.54, 1.807) is 0 Å². The molecule has 0 amide bonds. The van der Waals surface area contributed by atoms with E-state index in [1.807, 2.05) is 54.6 Å². The van der Waals surface area contributed by atoms with Crippen molar-refractivity contribution in [1.29, 1.82) is 0 Å². The van der Waals surface area contributed by atoms with Gasteiger partial charge < -0.3 is 0 Å². The molecule has 0 N–H and O–H groups in total. The predicted octanol–water partition coefficient (Wildman–Crippen LogP) is 5.35. The van der Waals surface area contributed by atoms with Crippen LogP contribution in [-0.2, 0) is 11.2 Å². The van der Waals surface area contributed by atoms with Crippen molar-refractivity contribution in [1.82, 2.24) is 0 Å². The van der Waals surface area contributed by atoms with Gasteiger partial charge in [0.15, 0.2) is 0 Å². The van der Waals surface area contributed by atoms with Crippen LogP contribution in [0, 0.1) is 0 Å². The SMILES string of the molecule is O=C(CC1=CC=CCC1Cl)Cc1ccccc1-c1ccccc1. The maximum absolute atomic E-state index is 12.5. The molecule has 0 bridgehead atoms. The number of Topliss-reactive ketones (excluding diaryl/α,β-unsaturated/α-hetero) is 1. The predicted molar refractivity (Wildman–Crippen MR) is 96.7 cm³/mol. The Balaban J connectivity index is 1.77. The van der Waals surface area contributed by atoms with Crippen LogP contribution in [0.15, 0.2) is 78.4 Å². The van der Waals surface area contributed by atoms with Crippen molar-refractivity contribution in [2.75, 3.05) is 0 Å². The fourth-order valence-electron chi connectivity index (χ4n) is 2.89. The number of rotatable bonds is 5. The van der Waals surface area contributed by atoms with E-state index in [2.05, 4.69) is 18.2 Å². The molecule has 1 aliphatic carbocycles. The number of hydrogen-bond donors (Lipinski definition) is 0. The lowest BCUT2D eigenvalue weighted by Gasteiger charge is -2.15. The van der Waals surface area contributed by atoms with Crippen molar-refractivity contribution in [3.05, 3.63) is 84.0 Å². The van der Waals surface area contributed by atoms with Crippen LogP contribution in [0.3, 0.4) is 0 Å².